The molecule has 1 atom stereocenters. The summed E-state index contributed by atoms with van der Waals surface area (Å²) in [6, 6.07) is 12.0. The largest absolute Gasteiger partial charge is 0.340 e. The maximum absolute atomic E-state index is 12.6. The first kappa shape index (κ1) is 19.4. The summed E-state index contributed by atoms with van der Waals surface area (Å²) in [5.74, 6) is 0.140. The maximum atomic E-state index is 12.6. The van der Waals surface area contributed by atoms with Gasteiger partial charge in [0, 0.05) is 32.5 Å². The highest BCUT2D eigenvalue weighted by Crippen LogP contribution is 2.17. The van der Waals surface area contributed by atoms with E-state index >= 15 is 0 Å². The molecule has 2 aromatic rings. The van der Waals surface area contributed by atoms with E-state index in [1.165, 1.54) is 11.1 Å². The van der Waals surface area contributed by atoms with Gasteiger partial charge in [0.25, 0.3) is 0 Å². The lowest BCUT2D eigenvalue weighted by Gasteiger charge is -2.29. The molecule has 1 aliphatic rings. The third-order valence-corrected chi connectivity index (χ3v) is 3.92. The lowest BCUT2D eigenvalue weighted by Crippen LogP contribution is -2.48. The van der Waals surface area contributed by atoms with Gasteiger partial charge in [-0.15, -0.1) is 24.8 Å². The topological polar surface area (TPSA) is 45.2 Å². The molecule has 23 heavy (non-hydrogen) atoms. The van der Waals surface area contributed by atoms with Crippen LogP contribution >= 0.6 is 24.8 Å². The van der Waals surface area contributed by atoms with Crippen LogP contribution in [0.1, 0.15) is 16.7 Å². The van der Waals surface area contributed by atoms with Crippen molar-refractivity contribution < 1.29 is 4.79 Å². The summed E-state index contributed by atoms with van der Waals surface area (Å²) in [6.45, 7) is 1.37. The fourth-order valence-electron chi connectivity index (χ4n) is 2.73. The van der Waals surface area contributed by atoms with E-state index < -0.39 is 0 Å². The molecule has 0 saturated carbocycles. The molecule has 0 saturated heterocycles. The molecule has 0 spiro atoms. The zero-order chi connectivity index (χ0) is 14.7. The lowest BCUT2D eigenvalue weighted by molar-refractivity contribution is -0.132. The molecule has 1 aromatic carbocycles. The van der Waals surface area contributed by atoms with Crippen molar-refractivity contribution in [2.24, 2.45) is 0 Å². The van der Waals surface area contributed by atoms with Crippen LogP contribution in [0, 0.1) is 0 Å². The highest BCUT2D eigenvalue weighted by atomic mass is 35.5. The summed E-state index contributed by atoms with van der Waals surface area (Å²) in [6.07, 6.45) is 4.27. The monoisotopic (exact) mass is 353 g/mol. The fourth-order valence-corrected chi connectivity index (χ4v) is 2.73. The van der Waals surface area contributed by atoms with E-state index in [1.807, 2.05) is 31.3 Å². The number of carbonyl (C=O) groups is 1. The summed E-state index contributed by atoms with van der Waals surface area (Å²) in [4.78, 5) is 18.3. The van der Waals surface area contributed by atoms with E-state index in [2.05, 4.69) is 22.4 Å². The van der Waals surface area contributed by atoms with Crippen LogP contribution in [0.15, 0.2) is 48.8 Å². The van der Waals surface area contributed by atoms with Gasteiger partial charge >= 0.3 is 0 Å². The van der Waals surface area contributed by atoms with Crippen molar-refractivity contribution in [1.29, 1.82) is 0 Å². The second-order valence-corrected chi connectivity index (χ2v) is 5.46. The molecule has 1 aliphatic heterocycles. The first-order valence-corrected chi connectivity index (χ1v) is 7.18. The van der Waals surface area contributed by atoms with Gasteiger partial charge in [0.15, 0.2) is 0 Å². The van der Waals surface area contributed by atoms with Gasteiger partial charge in [-0.25, -0.2) is 0 Å². The molecule has 0 radical (unpaired) electrons. The number of hydrogen-bond donors (Lipinski definition) is 1. The first-order valence-electron chi connectivity index (χ1n) is 7.18. The number of halogens is 2. The van der Waals surface area contributed by atoms with Crippen LogP contribution in [0.5, 0.6) is 0 Å². The van der Waals surface area contributed by atoms with Gasteiger partial charge < -0.3 is 10.2 Å². The van der Waals surface area contributed by atoms with Crippen LogP contribution < -0.4 is 5.32 Å². The lowest BCUT2D eigenvalue weighted by atomic mass is 9.95. The van der Waals surface area contributed by atoms with Crippen LogP contribution in [0.2, 0.25) is 0 Å². The van der Waals surface area contributed by atoms with E-state index in [1.54, 1.807) is 17.3 Å². The summed E-state index contributed by atoms with van der Waals surface area (Å²) in [5.41, 5.74) is 3.65. The third-order valence-electron chi connectivity index (χ3n) is 3.92. The Kier molecular flexibility index (Phi) is 7.49. The Hall–Kier alpha value is -1.62. The Morgan fingerprint density at radius 2 is 1.83 bits per heavy atom. The fraction of sp³-hybridized carbons (Fsp3) is 0.294. The van der Waals surface area contributed by atoms with Crippen molar-refractivity contribution in [2.75, 3.05) is 7.05 Å². The average Bonchev–Trinajstić information content (AvgIpc) is 2.54. The Morgan fingerprint density at radius 3 is 2.52 bits per heavy atom. The number of nitrogens with zero attached hydrogens (tertiary/aromatic N) is 2. The van der Waals surface area contributed by atoms with Gasteiger partial charge in [-0.3, -0.25) is 9.78 Å². The van der Waals surface area contributed by atoms with Crippen LogP contribution in [-0.2, 0) is 24.3 Å². The molecular weight excluding hydrogens is 333 g/mol. The van der Waals surface area contributed by atoms with Gasteiger partial charge in [0.1, 0.15) is 0 Å². The predicted molar refractivity (Wildman–Crippen MR) is 96.0 cm³/mol. The molecule has 0 fully saturated rings. The van der Waals surface area contributed by atoms with Gasteiger partial charge in [-0.2, -0.15) is 0 Å². The second-order valence-electron chi connectivity index (χ2n) is 5.46. The van der Waals surface area contributed by atoms with E-state index in [0.717, 1.165) is 18.5 Å². The third kappa shape index (κ3) is 4.67. The van der Waals surface area contributed by atoms with Gasteiger partial charge in [0.2, 0.25) is 5.91 Å². The molecule has 0 bridgehead atoms. The minimum atomic E-state index is -0.133. The van der Waals surface area contributed by atoms with E-state index in [4.69, 9.17) is 0 Å². The molecule has 2 heterocycles. The number of amides is 1. The number of benzene rings is 1. The minimum absolute atomic E-state index is 0. The molecule has 1 N–H and O–H groups in total. The zero-order valence-corrected chi connectivity index (χ0v) is 14.6. The Labute approximate surface area is 149 Å². The molecule has 6 heteroatoms. The van der Waals surface area contributed by atoms with Crippen LogP contribution in [0.25, 0.3) is 0 Å². The van der Waals surface area contributed by atoms with Gasteiger partial charge in [-0.05, 0) is 35.2 Å². The first-order chi connectivity index (χ1) is 10.2. The smallest absolute Gasteiger partial charge is 0.240 e. The normalized spacial score (nSPS) is 15.6. The number of aromatic nitrogens is 1. The highest BCUT2D eigenvalue weighted by molar-refractivity contribution is 5.85. The quantitative estimate of drug-likeness (QED) is 0.922. The summed E-state index contributed by atoms with van der Waals surface area (Å²) < 4.78 is 0. The number of fused-ring (bicyclic) bond motifs is 1. The van der Waals surface area contributed by atoms with Gasteiger partial charge in [-0.1, -0.05) is 24.3 Å². The molecular formula is C17H21Cl2N3O. The molecule has 124 valence electrons. The van der Waals surface area contributed by atoms with Crippen LogP contribution in [0.3, 0.4) is 0 Å². The summed E-state index contributed by atoms with van der Waals surface area (Å²) >= 11 is 0. The molecule has 1 unspecified atom stereocenters. The number of rotatable bonds is 3. The number of hydrogen-bond acceptors (Lipinski definition) is 3. The second kappa shape index (κ2) is 8.87. The molecule has 1 aromatic heterocycles. The minimum Gasteiger partial charge on any atom is -0.340 e. The van der Waals surface area contributed by atoms with Crippen LogP contribution in [0.4, 0.5) is 0 Å². The number of likely N-dealkylation sites (N-methyl/N-ethyl adjacent to an activating group) is 1. The van der Waals surface area contributed by atoms with Crippen molar-refractivity contribution in [3.63, 3.8) is 0 Å². The number of nitrogens with one attached hydrogen (secondary N) is 1. The SMILES string of the molecule is CN(Cc1ccncc1)C(=O)C1Cc2ccccc2CN1.Cl.Cl. The molecule has 0 aliphatic carbocycles. The molecule has 3 rings (SSSR count). The predicted octanol–water partition coefficient (Wildman–Crippen LogP) is 2.60. The van der Waals surface area contributed by atoms with Crippen molar-refractivity contribution in [2.45, 2.75) is 25.6 Å². The average molecular weight is 354 g/mol. The maximum Gasteiger partial charge on any atom is 0.240 e. The highest BCUT2D eigenvalue weighted by Gasteiger charge is 2.26. The number of carbonyl (C=O) groups excluding carboxylic acids is 1. The molecule has 4 nitrogen and oxygen atoms in total. The molecule has 1 amide bonds. The van der Waals surface area contributed by atoms with E-state index in [0.29, 0.717) is 6.54 Å². The van der Waals surface area contributed by atoms with Crippen molar-refractivity contribution in [3.05, 3.63) is 65.5 Å². The summed E-state index contributed by atoms with van der Waals surface area (Å²) in [5, 5.41) is 3.34. The van der Waals surface area contributed by atoms with Crippen molar-refractivity contribution in [1.82, 2.24) is 15.2 Å². The number of pyridine rings is 1. The van der Waals surface area contributed by atoms with Crippen molar-refractivity contribution >= 4 is 30.7 Å². The summed E-state index contributed by atoms with van der Waals surface area (Å²) in [7, 11) is 1.85. The van der Waals surface area contributed by atoms with E-state index in [-0.39, 0.29) is 36.8 Å². The van der Waals surface area contributed by atoms with E-state index in [9.17, 15) is 4.79 Å². The Balaban J connectivity index is 0.00000132. The van der Waals surface area contributed by atoms with Crippen molar-refractivity contribution in [3.8, 4) is 0 Å². The zero-order valence-electron chi connectivity index (χ0n) is 12.9. The Morgan fingerprint density at radius 1 is 1.17 bits per heavy atom. The van der Waals surface area contributed by atoms with Gasteiger partial charge in [0.05, 0.1) is 6.04 Å². The standard InChI is InChI=1S/C17H19N3O.2ClH/c1-20(12-13-6-8-18-9-7-13)17(21)16-10-14-4-2-3-5-15(14)11-19-16;;/h2-9,16,19H,10-12H2,1H3;2*1H. The Bertz CT molecular complexity index is 637. The van der Waals surface area contributed by atoms with Crippen LogP contribution in [-0.4, -0.2) is 28.9 Å².